The van der Waals surface area contributed by atoms with Gasteiger partial charge in [0.15, 0.2) is 5.78 Å². The molecular weight excluding hydrogens is 280 g/mol. The molecule has 0 aliphatic heterocycles. The van der Waals surface area contributed by atoms with E-state index in [1.807, 2.05) is 24.1 Å². The van der Waals surface area contributed by atoms with Gasteiger partial charge in [-0.05, 0) is 43.3 Å². The van der Waals surface area contributed by atoms with E-state index in [4.69, 9.17) is 11.6 Å². The van der Waals surface area contributed by atoms with Gasteiger partial charge in [0.25, 0.3) is 0 Å². The fraction of sp³-hybridized carbons (Fsp3) is 0.286. The van der Waals surface area contributed by atoms with Crippen LogP contribution in [0.5, 0.6) is 0 Å². The lowest BCUT2D eigenvalue weighted by Gasteiger charge is -2.15. The molecule has 2 aromatic rings. The first kappa shape index (κ1) is 14.2. The van der Waals surface area contributed by atoms with Crippen LogP contribution < -0.4 is 0 Å². The van der Waals surface area contributed by atoms with Crippen molar-refractivity contribution < 1.29 is 4.79 Å². The molecule has 0 N–H and O–H groups in total. The van der Waals surface area contributed by atoms with Crippen LogP contribution in [0.3, 0.4) is 0 Å². The first-order chi connectivity index (χ1) is 9.15. The second-order valence-corrected chi connectivity index (χ2v) is 6.09. The normalized spacial score (nSPS) is 10.9. The highest BCUT2D eigenvalue weighted by Gasteiger charge is 2.11. The smallest absolute Gasteiger partial charge is 0.186 e. The van der Waals surface area contributed by atoms with Crippen LogP contribution in [-0.2, 0) is 6.42 Å². The summed E-state index contributed by atoms with van der Waals surface area (Å²) in [5.41, 5.74) is 1.23. The highest BCUT2D eigenvalue weighted by molar-refractivity contribution is 7.18. The molecule has 0 spiro atoms. The van der Waals surface area contributed by atoms with Gasteiger partial charge in [-0.3, -0.25) is 14.7 Å². The Hall–Kier alpha value is -1.23. The third kappa shape index (κ3) is 4.42. The number of likely N-dealkylation sites (N-methyl/N-ethyl adjacent to an activating group) is 1. The van der Waals surface area contributed by atoms with Crippen LogP contribution in [0.2, 0.25) is 4.34 Å². The van der Waals surface area contributed by atoms with E-state index in [0.29, 0.717) is 10.9 Å². The molecule has 0 unspecified atom stereocenters. The summed E-state index contributed by atoms with van der Waals surface area (Å²) in [7, 11) is 1.95. The summed E-state index contributed by atoms with van der Waals surface area (Å²) < 4.78 is 0.655. The lowest BCUT2D eigenvalue weighted by Crippen LogP contribution is -2.27. The zero-order chi connectivity index (χ0) is 13.7. The minimum atomic E-state index is 0.120. The van der Waals surface area contributed by atoms with E-state index in [0.717, 1.165) is 17.8 Å². The molecule has 0 amide bonds. The van der Waals surface area contributed by atoms with Crippen LogP contribution in [-0.4, -0.2) is 35.8 Å². The zero-order valence-electron chi connectivity index (χ0n) is 10.7. The largest absolute Gasteiger partial charge is 0.299 e. The summed E-state index contributed by atoms with van der Waals surface area (Å²) in [5, 5.41) is 0. The molecule has 2 aromatic heterocycles. The van der Waals surface area contributed by atoms with Gasteiger partial charge in [-0.1, -0.05) is 11.6 Å². The van der Waals surface area contributed by atoms with E-state index >= 15 is 0 Å². The molecule has 0 fully saturated rings. The van der Waals surface area contributed by atoms with E-state index < -0.39 is 0 Å². The minimum Gasteiger partial charge on any atom is -0.299 e. The molecule has 0 atom stereocenters. The van der Waals surface area contributed by atoms with E-state index in [1.165, 1.54) is 16.9 Å². The van der Waals surface area contributed by atoms with Gasteiger partial charge in [-0.15, -0.1) is 11.3 Å². The molecule has 0 aromatic carbocycles. The summed E-state index contributed by atoms with van der Waals surface area (Å²) in [6.45, 7) is 1.26. The second-order valence-electron chi connectivity index (χ2n) is 4.37. The standard InChI is InChI=1S/C14H15ClN2OS/c1-17(9-6-11-4-7-16-8-5-11)10-12(18)13-2-3-14(15)19-13/h2-5,7-8H,6,9-10H2,1H3. The third-order valence-corrected chi connectivity index (χ3v) is 4.07. The monoisotopic (exact) mass is 294 g/mol. The van der Waals surface area contributed by atoms with Crippen molar-refractivity contribution in [2.24, 2.45) is 0 Å². The first-order valence-corrected chi connectivity index (χ1v) is 7.20. The first-order valence-electron chi connectivity index (χ1n) is 6.01. The van der Waals surface area contributed by atoms with Gasteiger partial charge in [0.2, 0.25) is 0 Å². The Morgan fingerprint density at radius 3 is 2.68 bits per heavy atom. The van der Waals surface area contributed by atoms with Crippen LogP contribution in [0.15, 0.2) is 36.7 Å². The topological polar surface area (TPSA) is 33.2 Å². The summed E-state index contributed by atoms with van der Waals surface area (Å²) in [5.74, 6) is 0.120. The van der Waals surface area contributed by atoms with Crippen LogP contribution >= 0.6 is 22.9 Å². The van der Waals surface area contributed by atoms with Crippen LogP contribution in [0.1, 0.15) is 15.2 Å². The number of aromatic nitrogens is 1. The maximum Gasteiger partial charge on any atom is 0.186 e. The summed E-state index contributed by atoms with van der Waals surface area (Å²) in [6.07, 6.45) is 4.49. The fourth-order valence-electron chi connectivity index (χ4n) is 1.74. The van der Waals surface area contributed by atoms with Gasteiger partial charge in [-0.2, -0.15) is 0 Å². The molecule has 0 saturated carbocycles. The molecule has 0 aliphatic rings. The average Bonchev–Trinajstić information content (AvgIpc) is 2.84. The molecule has 0 aliphatic carbocycles. The Balaban J connectivity index is 1.81. The molecule has 0 radical (unpaired) electrons. The second kappa shape index (κ2) is 6.80. The van der Waals surface area contributed by atoms with Crippen molar-refractivity contribution in [1.29, 1.82) is 0 Å². The van der Waals surface area contributed by atoms with Crippen molar-refractivity contribution in [3.63, 3.8) is 0 Å². The number of thiophene rings is 1. The van der Waals surface area contributed by atoms with E-state index in [9.17, 15) is 4.79 Å². The van der Waals surface area contributed by atoms with E-state index in [2.05, 4.69) is 4.98 Å². The molecule has 2 rings (SSSR count). The molecular formula is C14H15ClN2OS. The predicted octanol–water partition coefficient (Wildman–Crippen LogP) is 3.15. The number of halogens is 1. The highest BCUT2D eigenvalue weighted by Crippen LogP contribution is 2.21. The predicted molar refractivity (Wildman–Crippen MR) is 79.1 cm³/mol. The third-order valence-electron chi connectivity index (χ3n) is 2.79. The highest BCUT2D eigenvalue weighted by atomic mass is 35.5. The number of hydrogen-bond acceptors (Lipinski definition) is 4. The van der Waals surface area contributed by atoms with Gasteiger partial charge >= 0.3 is 0 Å². The number of carbonyl (C=O) groups excluding carboxylic acids is 1. The van der Waals surface area contributed by atoms with Gasteiger partial charge in [0.05, 0.1) is 15.8 Å². The van der Waals surface area contributed by atoms with Crippen molar-refractivity contribution in [3.05, 3.63) is 51.4 Å². The van der Waals surface area contributed by atoms with E-state index in [1.54, 1.807) is 24.5 Å². The van der Waals surface area contributed by atoms with Gasteiger partial charge in [0.1, 0.15) is 0 Å². The Morgan fingerprint density at radius 2 is 2.05 bits per heavy atom. The molecule has 5 heteroatoms. The average molecular weight is 295 g/mol. The van der Waals surface area contributed by atoms with Crippen LogP contribution in [0.25, 0.3) is 0 Å². The summed E-state index contributed by atoms with van der Waals surface area (Å²) in [6, 6.07) is 7.53. The maximum atomic E-state index is 12.0. The summed E-state index contributed by atoms with van der Waals surface area (Å²) >= 11 is 7.16. The van der Waals surface area contributed by atoms with Crippen molar-refractivity contribution in [2.75, 3.05) is 20.1 Å². The van der Waals surface area contributed by atoms with Crippen molar-refractivity contribution in [1.82, 2.24) is 9.88 Å². The molecule has 2 heterocycles. The summed E-state index contributed by atoms with van der Waals surface area (Å²) in [4.78, 5) is 18.7. The quantitative estimate of drug-likeness (QED) is 0.767. The van der Waals surface area contributed by atoms with Crippen molar-refractivity contribution in [2.45, 2.75) is 6.42 Å². The number of hydrogen-bond donors (Lipinski definition) is 0. The minimum absolute atomic E-state index is 0.120. The van der Waals surface area contributed by atoms with Gasteiger partial charge < -0.3 is 0 Å². The SMILES string of the molecule is CN(CCc1ccncc1)CC(=O)c1ccc(Cl)s1. The molecule has 0 saturated heterocycles. The van der Waals surface area contributed by atoms with E-state index in [-0.39, 0.29) is 5.78 Å². The van der Waals surface area contributed by atoms with Gasteiger partial charge in [0, 0.05) is 18.9 Å². The fourth-order valence-corrected chi connectivity index (χ4v) is 2.71. The number of rotatable bonds is 6. The number of nitrogens with zero attached hydrogens (tertiary/aromatic N) is 2. The zero-order valence-corrected chi connectivity index (χ0v) is 12.2. The maximum absolute atomic E-state index is 12.0. The Labute approximate surface area is 121 Å². The van der Waals surface area contributed by atoms with Crippen molar-refractivity contribution >= 4 is 28.7 Å². The Bertz CT molecular complexity index is 541. The number of ketones is 1. The number of carbonyl (C=O) groups is 1. The molecule has 3 nitrogen and oxygen atoms in total. The lowest BCUT2D eigenvalue weighted by atomic mass is 10.2. The number of pyridine rings is 1. The Morgan fingerprint density at radius 1 is 1.32 bits per heavy atom. The lowest BCUT2D eigenvalue weighted by molar-refractivity contribution is 0.0951. The van der Waals surface area contributed by atoms with Crippen LogP contribution in [0, 0.1) is 0 Å². The number of Topliss-reactive ketones (excluding diaryl/α,β-unsaturated/α-hetero) is 1. The molecule has 19 heavy (non-hydrogen) atoms. The Kier molecular flexibility index (Phi) is 5.07. The van der Waals surface area contributed by atoms with Crippen LogP contribution in [0.4, 0.5) is 0 Å². The molecule has 0 bridgehead atoms. The van der Waals surface area contributed by atoms with Crippen molar-refractivity contribution in [3.8, 4) is 0 Å². The van der Waals surface area contributed by atoms with Gasteiger partial charge in [-0.25, -0.2) is 0 Å². The molecule has 100 valence electrons.